The highest BCUT2D eigenvalue weighted by atomic mass is 32.2. The molecule has 41 heavy (non-hydrogen) atoms. The zero-order valence-corrected chi connectivity index (χ0v) is 24.8. The number of ether oxygens (including phenoxy) is 3. The Hall–Kier alpha value is -4.25. The van der Waals surface area contributed by atoms with Crippen LogP contribution in [0.5, 0.6) is 17.2 Å². The Morgan fingerprint density at radius 3 is 2.22 bits per heavy atom. The van der Waals surface area contributed by atoms with Crippen LogP contribution in [0.25, 0.3) is 0 Å². The Morgan fingerprint density at radius 2 is 1.59 bits per heavy atom. The molecule has 0 bridgehead atoms. The Bertz CT molecular complexity index is 1430. The van der Waals surface area contributed by atoms with E-state index in [9.17, 15) is 18.0 Å². The average molecular weight is 584 g/mol. The van der Waals surface area contributed by atoms with Gasteiger partial charge < -0.3 is 24.4 Å². The van der Waals surface area contributed by atoms with Crippen molar-refractivity contribution in [2.45, 2.75) is 37.8 Å². The first-order chi connectivity index (χ1) is 19.7. The fourth-order valence-corrected chi connectivity index (χ4v) is 5.60. The Labute approximate surface area is 241 Å². The highest BCUT2D eigenvalue weighted by Crippen LogP contribution is 2.34. The van der Waals surface area contributed by atoms with Gasteiger partial charge in [0.25, 0.3) is 10.0 Å². The van der Waals surface area contributed by atoms with Crippen LogP contribution in [0.3, 0.4) is 0 Å². The van der Waals surface area contributed by atoms with E-state index in [1.807, 2.05) is 13.0 Å². The lowest BCUT2D eigenvalue weighted by Crippen LogP contribution is -2.51. The van der Waals surface area contributed by atoms with Crippen molar-refractivity contribution in [3.05, 3.63) is 78.4 Å². The number of methoxy groups -OCH3 is 3. The molecule has 0 aliphatic heterocycles. The van der Waals surface area contributed by atoms with Crippen molar-refractivity contribution in [2.24, 2.45) is 0 Å². The molecule has 10 nitrogen and oxygen atoms in total. The van der Waals surface area contributed by atoms with Gasteiger partial charge in [-0.25, -0.2) is 8.42 Å². The zero-order valence-electron chi connectivity index (χ0n) is 24.0. The molecule has 0 aliphatic rings. The van der Waals surface area contributed by atoms with Crippen molar-refractivity contribution in [1.29, 1.82) is 0 Å². The van der Waals surface area contributed by atoms with Crippen LogP contribution in [0.15, 0.2) is 77.7 Å². The second-order valence-corrected chi connectivity index (χ2v) is 11.1. The number of benzene rings is 3. The topological polar surface area (TPSA) is 114 Å². The molecule has 0 aromatic heterocycles. The minimum absolute atomic E-state index is 0.00988. The van der Waals surface area contributed by atoms with E-state index in [4.69, 9.17) is 14.2 Å². The molecule has 0 saturated heterocycles. The summed E-state index contributed by atoms with van der Waals surface area (Å²) in [5.41, 5.74) is 0.917. The van der Waals surface area contributed by atoms with Crippen molar-refractivity contribution in [1.82, 2.24) is 10.2 Å². The smallest absolute Gasteiger partial charge is 0.264 e. The number of hydrogen-bond donors (Lipinski definition) is 1. The summed E-state index contributed by atoms with van der Waals surface area (Å²) in [7, 11) is 0.251. The molecule has 0 heterocycles. The van der Waals surface area contributed by atoms with Gasteiger partial charge in [-0.3, -0.25) is 13.9 Å². The maximum Gasteiger partial charge on any atom is 0.264 e. The number of carbonyl (C=O) groups excluding carboxylic acids is 2. The second kappa shape index (κ2) is 14.4. The number of amides is 2. The Kier molecular flexibility index (Phi) is 11.0. The first-order valence-corrected chi connectivity index (χ1v) is 14.6. The van der Waals surface area contributed by atoms with Gasteiger partial charge in [0.1, 0.15) is 18.3 Å². The third-order valence-corrected chi connectivity index (χ3v) is 8.26. The molecule has 3 aromatic carbocycles. The molecular weight excluding hydrogens is 546 g/mol. The lowest BCUT2D eigenvalue weighted by atomic mass is 10.1. The quantitative estimate of drug-likeness (QED) is 0.307. The Morgan fingerprint density at radius 1 is 0.878 bits per heavy atom. The molecule has 0 unspecified atom stereocenters. The van der Waals surface area contributed by atoms with E-state index in [0.717, 1.165) is 16.3 Å². The number of rotatable bonds is 14. The minimum atomic E-state index is -4.20. The first-order valence-electron chi connectivity index (χ1n) is 13.2. The van der Waals surface area contributed by atoms with E-state index in [2.05, 4.69) is 5.32 Å². The van der Waals surface area contributed by atoms with E-state index in [1.165, 1.54) is 44.4 Å². The second-order valence-electron chi connectivity index (χ2n) is 9.20. The molecule has 0 aliphatic carbocycles. The molecular formula is C30H37N3O7S. The van der Waals surface area contributed by atoms with Crippen LogP contribution in [0.1, 0.15) is 25.8 Å². The van der Waals surface area contributed by atoms with E-state index in [1.54, 1.807) is 55.5 Å². The van der Waals surface area contributed by atoms with Crippen molar-refractivity contribution in [3.8, 4) is 17.2 Å². The van der Waals surface area contributed by atoms with Crippen LogP contribution in [0.2, 0.25) is 0 Å². The molecule has 0 spiro atoms. The number of nitrogens with zero attached hydrogens (tertiary/aromatic N) is 2. The summed E-state index contributed by atoms with van der Waals surface area (Å²) in [6.45, 7) is 3.49. The summed E-state index contributed by atoms with van der Waals surface area (Å²) in [6, 6.07) is 18.7. The minimum Gasteiger partial charge on any atom is -0.497 e. The maximum absolute atomic E-state index is 14.0. The number of anilines is 1. The summed E-state index contributed by atoms with van der Waals surface area (Å²) < 4.78 is 44.9. The summed E-state index contributed by atoms with van der Waals surface area (Å²) >= 11 is 0. The normalized spacial score (nSPS) is 11.7. The lowest BCUT2D eigenvalue weighted by Gasteiger charge is -2.32. The average Bonchev–Trinajstić information content (AvgIpc) is 3.00. The highest BCUT2D eigenvalue weighted by molar-refractivity contribution is 7.92. The zero-order chi connectivity index (χ0) is 30.0. The van der Waals surface area contributed by atoms with Gasteiger partial charge in [0, 0.05) is 19.2 Å². The molecule has 3 rings (SSSR count). The van der Waals surface area contributed by atoms with Gasteiger partial charge in [0.15, 0.2) is 11.5 Å². The van der Waals surface area contributed by atoms with Crippen molar-refractivity contribution >= 4 is 27.5 Å². The summed E-state index contributed by atoms with van der Waals surface area (Å²) in [6.07, 6.45) is 0.727. The molecule has 11 heteroatoms. The molecule has 0 fully saturated rings. The molecule has 1 N–H and O–H groups in total. The standard InChI is InChI=1S/C30H37N3O7S/c1-6-17-31-30(35)22(2)32(20-23-11-10-12-25(18-23)38-3)29(34)21-33(41(36,37)26-13-8-7-9-14-26)24-15-16-27(39-4)28(19-24)40-5/h7-16,18-19,22H,6,17,20-21H2,1-5H3,(H,31,35)/t22-/m1/s1. The van der Waals surface area contributed by atoms with Crippen molar-refractivity contribution < 1.29 is 32.2 Å². The third-order valence-electron chi connectivity index (χ3n) is 6.47. The fourth-order valence-electron chi connectivity index (χ4n) is 4.17. The summed E-state index contributed by atoms with van der Waals surface area (Å²) in [5, 5.41) is 2.82. The molecule has 0 saturated carbocycles. The lowest BCUT2D eigenvalue weighted by molar-refractivity contribution is -0.139. The summed E-state index contributed by atoms with van der Waals surface area (Å²) in [5.74, 6) is 0.385. The van der Waals surface area contributed by atoms with E-state index < -0.39 is 28.5 Å². The molecule has 0 radical (unpaired) electrons. The van der Waals surface area contributed by atoms with Crippen LogP contribution < -0.4 is 23.8 Å². The monoisotopic (exact) mass is 583 g/mol. The van der Waals surface area contributed by atoms with E-state index >= 15 is 0 Å². The van der Waals surface area contributed by atoms with Gasteiger partial charge in [-0.1, -0.05) is 37.3 Å². The van der Waals surface area contributed by atoms with Crippen molar-refractivity contribution in [2.75, 3.05) is 38.7 Å². The molecule has 2 amide bonds. The highest BCUT2D eigenvalue weighted by Gasteiger charge is 2.33. The van der Waals surface area contributed by atoms with Gasteiger partial charge in [0.2, 0.25) is 11.8 Å². The Balaban J connectivity index is 2.07. The van der Waals surface area contributed by atoms with Gasteiger partial charge in [-0.15, -0.1) is 0 Å². The van der Waals surface area contributed by atoms with Crippen LogP contribution in [-0.2, 0) is 26.2 Å². The van der Waals surface area contributed by atoms with Gasteiger partial charge in [-0.05, 0) is 55.3 Å². The van der Waals surface area contributed by atoms with Gasteiger partial charge in [0.05, 0.1) is 31.9 Å². The largest absolute Gasteiger partial charge is 0.497 e. The number of hydrogen-bond acceptors (Lipinski definition) is 7. The predicted molar refractivity (Wildman–Crippen MR) is 157 cm³/mol. The van der Waals surface area contributed by atoms with Crippen LogP contribution in [-0.4, -0.2) is 65.6 Å². The number of sulfonamides is 1. The third kappa shape index (κ3) is 7.69. The van der Waals surface area contributed by atoms with Crippen LogP contribution in [0, 0.1) is 0 Å². The molecule has 1 atom stereocenters. The van der Waals surface area contributed by atoms with E-state index in [0.29, 0.717) is 23.8 Å². The SMILES string of the molecule is CCCNC(=O)[C@@H](C)N(Cc1cccc(OC)c1)C(=O)CN(c1ccc(OC)c(OC)c1)S(=O)(=O)c1ccccc1. The molecule has 3 aromatic rings. The number of carbonyl (C=O) groups is 2. The first kappa shape index (κ1) is 31.3. The van der Waals surface area contributed by atoms with Crippen LogP contribution >= 0.6 is 0 Å². The number of nitrogens with one attached hydrogen (secondary N) is 1. The van der Waals surface area contributed by atoms with Gasteiger partial charge in [-0.2, -0.15) is 0 Å². The van der Waals surface area contributed by atoms with Crippen molar-refractivity contribution in [3.63, 3.8) is 0 Å². The fraction of sp³-hybridized carbons (Fsp3) is 0.333. The van der Waals surface area contributed by atoms with Gasteiger partial charge >= 0.3 is 0 Å². The predicted octanol–water partition coefficient (Wildman–Crippen LogP) is 3.85. The summed E-state index contributed by atoms with van der Waals surface area (Å²) in [4.78, 5) is 28.4. The van der Waals surface area contributed by atoms with E-state index in [-0.39, 0.29) is 23.0 Å². The maximum atomic E-state index is 14.0. The van der Waals surface area contributed by atoms with Crippen LogP contribution in [0.4, 0.5) is 5.69 Å². The molecule has 220 valence electrons.